The Hall–Kier alpha value is -2.24. The van der Waals surface area contributed by atoms with Crippen molar-refractivity contribution in [3.05, 3.63) is 48.3 Å². The van der Waals surface area contributed by atoms with E-state index in [0.29, 0.717) is 6.42 Å². The molecule has 5 heteroatoms. The van der Waals surface area contributed by atoms with E-state index in [9.17, 15) is 4.79 Å². The van der Waals surface area contributed by atoms with Gasteiger partial charge < -0.3 is 15.5 Å². The molecule has 2 rings (SSSR count). The van der Waals surface area contributed by atoms with Gasteiger partial charge in [-0.15, -0.1) is 0 Å². The maximum atomic E-state index is 12.0. The van der Waals surface area contributed by atoms with Gasteiger partial charge in [0.1, 0.15) is 0 Å². The van der Waals surface area contributed by atoms with Gasteiger partial charge in [-0.25, -0.2) is 0 Å². The van der Waals surface area contributed by atoms with Gasteiger partial charge in [0, 0.05) is 49.7 Å². The Bertz CT molecular complexity index is 715. The number of rotatable bonds is 12. The van der Waals surface area contributed by atoms with Gasteiger partial charge in [-0.1, -0.05) is 38.3 Å². The first-order valence-corrected chi connectivity index (χ1v) is 10.3. The van der Waals surface area contributed by atoms with Crippen LogP contribution in [0.25, 0.3) is 11.1 Å². The number of nitrogens with one attached hydrogen (secondary N) is 2. The van der Waals surface area contributed by atoms with E-state index < -0.39 is 0 Å². The number of likely N-dealkylation sites (N-methyl/N-ethyl adjacent to an activating group) is 2. The summed E-state index contributed by atoms with van der Waals surface area (Å²) in [6.45, 7) is 5.01. The smallest absolute Gasteiger partial charge is 0.224 e. The van der Waals surface area contributed by atoms with Gasteiger partial charge >= 0.3 is 0 Å². The average Bonchev–Trinajstić information content (AvgIpc) is 2.70. The highest BCUT2D eigenvalue weighted by Gasteiger charge is 2.05. The normalized spacial score (nSPS) is 11.0. The summed E-state index contributed by atoms with van der Waals surface area (Å²) in [5, 5.41) is 6.16. The van der Waals surface area contributed by atoms with Crippen LogP contribution >= 0.6 is 0 Å². The van der Waals surface area contributed by atoms with Gasteiger partial charge in [0.15, 0.2) is 0 Å². The summed E-state index contributed by atoms with van der Waals surface area (Å²) in [5.74, 6) is 0.0946. The van der Waals surface area contributed by atoms with E-state index in [1.807, 2.05) is 43.7 Å². The van der Waals surface area contributed by atoms with Crippen molar-refractivity contribution in [1.29, 1.82) is 0 Å². The summed E-state index contributed by atoms with van der Waals surface area (Å²) in [6, 6.07) is 10.2. The molecule has 1 aromatic heterocycles. The lowest BCUT2D eigenvalue weighted by Crippen LogP contribution is -2.26. The first-order valence-electron chi connectivity index (χ1n) is 10.3. The number of carbonyl (C=O) groups excluding carboxylic acids is 1. The summed E-state index contributed by atoms with van der Waals surface area (Å²) in [6.07, 6.45) is 8.86. The summed E-state index contributed by atoms with van der Waals surface area (Å²) in [7, 11) is 4.08. The average molecular weight is 383 g/mol. The Morgan fingerprint density at radius 2 is 1.86 bits per heavy atom. The van der Waals surface area contributed by atoms with E-state index in [1.54, 1.807) is 0 Å². The van der Waals surface area contributed by atoms with Crippen molar-refractivity contribution < 1.29 is 4.79 Å². The number of hydrogen-bond acceptors (Lipinski definition) is 4. The number of amides is 1. The highest BCUT2D eigenvalue weighted by molar-refractivity contribution is 5.90. The molecule has 0 bridgehead atoms. The van der Waals surface area contributed by atoms with E-state index in [0.717, 1.165) is 49.3 Å². The number of unbranched alkanes of at least 4 members (excludes halogenated alkanes) is 3. The zero-order chi connectivity index (χ0) is 20.2. The summed E-state index contributed by atoms with van der Waals surface area (Å²) < 4.78 is 0. The first kappa shape index (κ1) is 22.1. The van der Waals surface area contributed by atoms with Crippen LogP contribution in [0.4, 0.5) is 5.69 Å². The van der Waals surface area contributed by atoms with Crippen molar-refractivity contribution in [3.63, 3.8) is 0 Å². The quantitative estimate of drug-likeness (QED) is 0.537. The number of carbonyl (C=O) groups is 1. The van der Waals surface area contributed by atoms with Gasteiger partial charge in [-0.3, -0.25) is 9.78 Å². The molecule has 28 heavy (non-hydrogen) atoms. The van der Waals surface area contributed by atoms with E-state index in [-0.39, 0.29) is 5.91 Å². The third-order valence-electron chi connectivity index (χ3n) is 4.75. The van der Waals surface area contributed by atoms with Crippen molar-refractivity contribution >= 4 is 11.6 Å². The third kappa shape index (κ3) is 7.79. The predicted octanol–water partition coefficient (Wildman–Crippen LogP) is 4.31. The first-order chi connectivity index (χ1) is 13.6. The summed E-state index contributed by atoms with van der Waals surface area (Å²) >= 11 is 0. The van der Waals surface area contributed by atoms with E-state index in [4.69, 9.17) is 0 Å². The van der Waals surface area contributed by atoms with Crippen molar-refractivity contribution in [2.24, 2.45) is 0 Å². The minimum absolute atomic E-state index is 0.0946. The molecule has 0 spiro atoms. The molecule has 0 aliphatic heterocycles. The molecule has 0 atom stereocenters. The maximum absolute atomic E-state index is 12.0. The standard InChI is InChI=1S/C23H34N4O/c1-4-5-6-7-8-23(28)26-22-11-9-20(10-12-22)21-15-19(16-25-17-21)18-27(3)14-13-24-2/h9-12,15-17,24H,4-8,13-14,18H2,1-3H3,(H,26,28). The lowest BCUT2D eigenvalue weighted by atomic mass is 10.1. The van der Waals surface area contributed by atoms with Crippen molar-refractivity contribution in [3.8, 4) is 11.1 Å². The molecule has 2 N–H and O–H groups in total. The summed E-state index contributed by atoms with van der Waals surface area (Å²) in [4.78, 5) is 18.7. The summed E-state index contributed by atoms with van der Waals surface area (Å²) in [5.41, 5.74) is 4.24. The minimum atomic E-state index is 0.0946. The topological polar surface area (TPSA) is 57.3 Å². The lowest BCUT2D eigenvalue weighted by molar-refractivity contribution is -0.116. The van der Waals surface area contributed by atoms with Crippen LogP contribution in [-0.2, 0) is 11.3 Å². The number of pyridine rings is 1. The second-order valence-electron chi connectivity index (χ2n) is 7.36. The molecule has 2 aromatic rings. The molecular formula is C23H34N4O. The van der Waals surface area contributed by atoms with E-state index in [2.05, 4.69) is 40.6 Å². The zero-order valence-corrected chi connectivity index (χ0v) is 17.5. The van der Waals surface area contributed by atoms with Crippen LogP contribution in [0.15, 0.2) is 42.7 Å². The fraction of sp³-hybridized carbons (Fsp3) is 0.478. The molecule has 0 aliphatic carbocycles. The second kappa shape index (κ2) is 12.3. The molecule has 1 aromatic carbocycles. The Balaban J connectivity index is 1.92. The molecule has 0 saturated carbocycles. The molecule has 1 heterocycles. The van der Waals surface area contributed by atoms with Crippen molar-refractivity contribution in [1.82, 2.24) is 15.2 Å². The van der Waals surface area contributed by atoms with Crippen LogP contribution in [0.2, 0.25) is 0 Å². The molecule has 0 radical (unpaired) electrons. The lowest BCUT2D eigenvalue weighted by Gasteiger charge is -2.16. The van der Waals surface area contributed by atoms with E-state index in [1.165, 1.54) is 18.4 Å². The Morgan fingerprint density at radius 1 is 1.07 bits per heavy atom. The Labute approximate surface area is 169 Å². The Morgan fingerprint density at radius 3 is 2.57 bits per heavy atom. The molecule has 0 saturated heterocycles. The van der Waals surface area contributed by atoms with Crippen molar-refractivity contribution in [2.45, 2.75) is 45.6 Å². The molecule has 1 amide bonds. The van der Waals surface area contributed by atoms with Gasteiger partial charge in [-0.2, -0.15) is 0 Å². The fourth-order valence-electron chi connectivity index (χ4n) is 3.11. The van der Waals surface area contributed by atoms with Crippen molar-refractivity contribution in [2.75, 3.05) is 32.5 Å². The SMILES string of the molecule is CCCCCCC(=O)Nc1ccc(-c2cncc(CN(C)CCNC)c2)cc1. The number of anilines is 1. The van der Waals surface area contributed by atoms with Gasteiger partial charge in [0.2, 0.25) is 5.91 Å². The number of benzene rings is 1. The number of aromatic nitrogens is 1. The molecular weight excluding hydrogens is 348 g/mol. The Kier molecular flexibility index (Phi) is 9.66. The van der Waals surface area contributed by atoms with Crippen LogP contribution in [0.1, 0.15) is 44.6 Å². The minimum Gasteiger partial charge on any atom is -0.326 e. The number of nitrogens with zero attached hydrogens (tertiary/aromatic N) is 2. The predicted molar refractivity (Wildman–Crippen MR) is 117 cm³/mol. The monoisotopic (exact) mass is 382 g/mol. The molecule has 0 unspecified atom stereocenters. The van der Waals surface area contributed by atoms with Crippen LogP contribution in [0, 0.1) is 0 Å². The highest BCUT2D eigenvalue weighted by Crippen LogP contribution is 2.22. The fourth-order valence-corrected chi connectivity index (χ4v) is 3.11. The van der Waals surface area contributed by atoms with E-state index >= 15 is 0 Å². The molecule has 152 valence electrons. The van der Waals surface area contributed by atoms with Crippen LogP contribution < -0.4 is 10.6 Å². The zero-order valence-electron chi connectivity index (χ0n) is 17.5. The highest BCUT2D eigenvalue weighted by atomic mass is 16.1. The van der Waals surface area contributed by atoms with Gasteiger partial charge in [-0.05, 0) is 49.8 Å². The molecule has 0 fully saturated rings. The van der Waals surface area contributed by atoms with Crippen LogP contribution in [0.5, 0.6) is 0 Å². The largest absolute Gasteiger partial charge is 0.326 e. The second-order valence-corrected chi connectivity index (χ2v) is 7.36. The molecule has 0 aliphatic rings. The van der Waals surface area contributed by atoms with Crippen LogP contribution in [0.3, 0.4) is 0 Å². The third-order valence-corrected chi connectivity index (χ3v) is 4.75. The van der Waals surface area contributed by atoms with Gasteiger partial charge in [0.05, 0.1) is 0 Å². The maximum Gasteiger partial charge on any atom is 0.224 e. The number of hydrogen-bond donors (Lipinski definition) is 2. The van der Waals surface area contributed by atoms with Gasteiger partial charge in [0.25, 0.3) is 0 Å². The molecule has 5 nitrogen and oxygen atoms in total. The van der Waals surface area contributed by atoms with Crippen LogP contribution in [-0.4, -0.2) is 43.0 Å².